The molecule has 0 saturated heterocycles. The third kappa shape index (κ3) is 5.14. The largest absolute Gasteiger partial charge is 0.491 e. The standard InChI is InChI=1S/C18H21N3O2/c1-12(2)23-15-6-4-5-14(11-15)7-10-18(22)21-17-9-8-16(19)13(3)20-17/h4-12H,19H2,1-3H3,(H,20,21,22)/b10-7+. The van der Waals surface area contributed by atoms with E-state index in [2.05, 4.69) is 10.3 Å². The predicted molar refractivity (Wildman–Crippen MR) is 93.3 cm³/mol. The number of hydrogen-bond donors (Lipinski definition) is 2. The molecule has 0 radical (unpaired) electrons. The van der Waals surface area contributed by atoms with Crippen molar-refractivity contribution in [1.29, 1.82) is 0 Å². The van der Waals surface area contributed by atoms with Crippen LogP contribution in [0.4, 0.5) is 11.5 Å². The minimum absolute atomic E-state index is 0.109. The topological polar surface area (TPSA) is 77.2 Å². The van der Waals surface area contributed by atoms with Gasteiger partial charge >= 0.3 is 0 Å². The van der Waals surface area contributed by atoms with Crippen molar-refractivity contribution in [3.8, 4) is 5.75 Å². The van der Waals surface area contributed by atoms with Crippen molar-refractivity contribution in [3.05, 3.63) is 53.7 Å². The highest BCUT2D eigenvalue weighted by atomic mass is 16.5. The number of nitrogens with two attached hydrogens (primary N) is 1. The summed E-state index contributed by atoms with van der Waals surface area (Å²) in [7, 11) is 0. The number of pyridine rings is 1. The monoisotopic (exact) mass is 311 g/mol. The van der Waals surface area contributed by atoms with E-state index in [1.807, 2.05) is 38.1 Å². The quantitative estimate of drug-likeness (QED) is 0.830. The summed E-state index contributed by atoms with van der Waals surface area (Å²) in [4.78, 5) is 16.1. The molecule has 0 aliphatic rings. The highest BCUT2D eigenvalue weighted by Gasteiger charge is 2.02. The molecule has 0 fully saturated rings. The molecule has 0 spiro atoms. The summed E-state index contributed by atoms with van der Waals surface area (Å²) in [6, 6.07) is 11.0. The van der Waals surface area contributed by atoms with E-state index >= 15 is 0 Å². The molecule has 2 rings (SSSR count). The molecular weight excluding hydrogens is 290 g/mol. The minimum Gasteiger partial charge on any atom is -0.491 e. The Bertz CT molecular complexity index is 724. The Hall–Kier alpha value is -2.82. The maximum absolute atomic E-state index is 11.9. The Morgan fingerprint density at radius 3 is 2.78 bits per heavy atom. The number of ether oxygens (including phenoxy) is 1. The van der Waals surface area contributed by atoms with Gasteiger partial charge in [-0.25, -0.2) is 4.98 Å². The van der Waals surface area contributed by atoms with E-state index in [9.17, 15) is 4.79 Å². The number of hydrogen-bond acceptors (Lipinski definition) is 4. The smallest absolute Gasteiger partial charge is 0.249 e. The van der Waals surface area contributed by atoms with Gasteiger partial charge in [0.2, 0.25) is 5.91 Å². The van der Waals surface area contributed by atoms with Crippen LogP contribution in [0.25, 0.3) is 6.08 Å². The Labute approximate surface area is 136 Å². The molecule has 23 heavy (non-hydrogen) atoms. The minimum atomic E-state index is -0.253. The van der Waals surface area contributed by atoms with Crippen LogP contribution in [-0.2, 0) is 4.79 Å². The number of nitrogens with one attached hydrogen (secondary N) is 1. The molecule has 0 unspecified atom stereocenters. The van der Waals surface area contributed by atoms with Crippen molar-refractivity contribution in [1.82, 2.24) is 4.98 Å². The van der Waals surface area contributed by atoms with Crippen LogP contribution in [-0.4, -0.2) is 17.0 Å². The fourth-order valence-electron chi connectivity index (χ4n) is 1.94. The molecular formula is C18H21N3O2. The summed E-state index contributed by atoms with van der Waals surface area (Å²) < 4.78 is 5.63. The van der Waals surface area contributed by atoms with Crippen LogP contribution >= 0.6 is 0 Å². The first-order valence-electron chi connectivity index (χ1n) is 7.43. The lowest BCUT2D eigenvalue weighted by Gasteiger charge is -2.09. The number of nitrogen functional groups attached to an aromatic ring is 1. The summed E-state index contributed by atoms with van der Waals surface area (Å²) in [5.74, 6) is 0.999. The van der Waals surface area contributed by atoms with E-state index < -0.39 is 0 Å². The maximum Gasteiger partial charge on any atom is 0.249 e. The van der Waals surface area contributed by atoms with Gasteiger partial charge in [-0.3, -0.25) is 4.79 Å². The Morgan fingerprint density at radius 2 is 2.09 bits per heavy atom. The van der Waals surface area contributed by atoms with Crippen LogP contribution in [0.15, 0.2) is 42.5 Å². The number of anilines is 2. The van der Waals surface area contributed by atoms with Crippen molar-refractivity contribution in [2.75, 3.05) is 11.1 Å². The van der Waals surface area contributed by atoms with E-state index in [0.29, 0.717) is 17.2 Å². The van der Waals surface area contributed by atoms with E-state index in [1.54, 1.807) is 25.1 Å². The Balaban J connectivity index is 2.01. The van der Waals surface area contributed by atoms with Crippen LogP contribution in [0, 0.1) is 6.92 Å². The van der Waals surface area contributed by atoms with E-state index in [-0.39, 0.29) is 12.0 Å². The van der Waals surface area contributed by atoms with Crippen molar-refractivity contribution in [3.63, 3.8) is 0 Å². The summed E-state index contributed by atoms with van der Waals surface area (Å²) in [5.41, 5.74) is 7.87. The predicted octanol–water partition coefficient (Wildman–Crippen LogP) is 3.41. The molecule has 1 aromatic carbocycles. The molecule has 0 bridgehead atoms. The molecule has 1 heterocycles. The zero-order chi connectivity index (χ0) is 16.8. The van der Waals surface area contributed by atoms with Gasteiger partial charge in [-0.2, -0.15) is 0 Å². The molecule has 0 saturated carbocycles. The lowest BCUT2D eigenvalue weighted by molar-refractivity contribution is -0.111. The first-order chi connectivity index (χ1) is 10.9. The highest BCUT2D eigenvalue weighted by Crippen LogP contribution is 2.16. The average Bonchev–Trinajstić information content (AvgIpc) is 2.49. The van der Waals surface area contributed by atoms with Gasteiger partial charge in [-0.1, -0.05) is 12.1 Å². The van der Waals surface area contributed by atoms with Gasteiger partial charge in [0.1, 0.15) is 11.6 Å². The molecule has 0 aliphatic carbocycles. The van der Waals surface area contributed by atoms with Gasteiger partial charge < -0.3 is 15.8 Å². The maximum atomic E-state index is 11.9. The Morgan fingerprint density at radius 1 is 1.30 bits per heavy atom. The number of aromatic nitrogens is 1. The highest BCUT2D eigenvalue weighted by molar-refractivity contribution is 6.01. The fourth-order valence-corrected chi connectivity index (χ4v) is 1.94. The number of nitrogens with zero attached hydrogens (tertiary/aromatic N) is 1. The summed E-state index contributed by atoms with van der Waals surface area (Å²) >= 11 is 0. The normalized spacial score (nSPS) is 11.0. The van der Waals surface area contributed by atoms with E-state index in [4.69, 9.17) is 10.5 Å². The third-order valence-electron chi connectivity index (χ3n) is 3.03. The summed E-state index contributed by atoms with van der Waals surface area (Å²) in [6.07, 6.45) is 3.30. The van der Waals surface area contributed by atoms with Gasteiger partial charge in [-0.15, -0.1) is 0 Å². The molecule has 3 N–H and O–H groups in total. The number of carbonyl (C=O) groups is 1. The van der Waals surface area contributed by atoms with Gasteiger partial charge in [0.05, 0.1) is 17.5 Å². The van der Waals surface area contributed by atoms with Gasteiger partial charge in [-0.05, 0) is 56.7 Å². The van der Waals surface area contributed by atoms with Crippen LogP contribution in [0.2, 0.25) is 0 Å². The molecule has 0 aliphatic heterocycles. The van der Waals surface area contributed by atoms with E-state index in [0.717, 1.165) is 11.3 Å². The summed E-state index contributed by atoms with van der Waals surface area (Å²) in [6.45, 7) is 5.73. The molecule has 5 nitrogen and oxygen atoms in total. The molecule has 1 amide bonds. The molecule has 2 aromatic rings. The third-order valence-corrected chi connectivity index (χ3v) is 3.03. The lowest BCUT2D eigenvalue weighted by atomic mass is 10.2. The summed E-state index contributed by atoms with van der Waals surface area (Å²) in [5, 5.41) is 2.70. The SMILES string of the molecule is Cc1nc(NC(=O)/C=C/c2cccc(OC(C)C)c2)ccc1N. The zero-order valence-electron chi connectivity index (χ0n) is 13.5. The first kappa shape index (κ1) is 16.5. The van der Waals surface area contributed by atoms with Gasteiger partial charge in [0.25, 0.3) is 0 Å². The fraction of sp³-hybridized carbons (Fsp3) is 0.222. The number of carbonyl (C=O) groups excluding carboxylic acids is 1. The average molecular weight is 311 g/mol. The zero-order valence-corrected chi connectivity index (χ0v) is 13.5. The van der Waals surface area contributed by atoms with Crippen molar-refractivity contribution in [2.45, 2.75) is 26.9 Å². The number of aryl methyl sites for hydroxylation is 1. The van der Waals surface area contributed by atoms with Crippen LogP contribution in [0.1, 0.15) is 25.1 Å². The second-order valence-electron chi connectivity index (χ2n) is 5.43. The van der Waals surface area contributed by atoms with Crippen molar-refractivity contribution >= 4 is 23.5 Å². The Kier molecular flexibility index (Phi) is 5.36. The van der Waals surface area contributed by atoms with Crippen LogP contribution in [0.5, 0.6) is 5.75 Å². The molecule has 120 valence electrons. The second kappa shape index (κ2) is 7.45. The van der Waals surface area contributed by atoms with Gasteiger partial charge in [0, 0.05) is 6.08 Å². The molecule has 0 atom stereocenters. The molecule has 5 heteroatoms. The number of benzene rings is 1. The van der Waals surface area contributed by atoms with Crippen molar-refractivity contribution in [2.24, 2.45) is 0 Å². The number of amides is 1. The van der Waals surface area contributed by atoms with Crippen molar-refractivity contribution < 1.29 is 9.53 Å². The van der Waals surface area contributed by atoms with Crippen LogP contribution < -0.4 is 15.8 Å². The number of rotatable bonds is 5. The lowest BCUT2D eigenvalue weighted by Crippen LogP contribution is -2.10. The van der Waals surface area contributed by atoms with Crippen LogP contribution in [0.3, 0.4) is 0 Å². The second-order valence-corrected chi connectivity index (χ2v) is 5.43. The first-order valence-corrected chi connectivity index (χ1v) is 7.43. The van der Waals surface area contributed by atoms with Gasteiger partial charge in [0.15, 0.2) is 0 Å². The van der Waals surface area contributed by atoms with E-state index in [1.165, 1.54) is 6.08 Å². The molecule has 1 aromatic heterocycles.